The number of carbonyl (C=O) groups is 2. The van der Waals surface area contributed by atoms with E-state index in [2.05, 4.69) is 38.8 Å². The first-order valence-corrected chi connectivity index (χ1v) is 6.34. The highest BCUT2D eigenvalue weighted by Gasteiger charge is 2.09. The van der Waals surface area contributed by atoms with Crippen LogP contribution in [0.4, 0.5) is 4.79 Å². The molecule has 1 rings (SSSR count). The Balaban J connectivity index is 2.64. The standard InChI is InChI=1S/C11H14IN3O3/c1-3-13-11(17)15-14-10(16)7-4-5-8(12)9(6-7)18-2/h4-6H,3H2,1-2H3,(H,14,16)(H2,13,15,17). The largest absolute Gasteiger partial charge is 0.496 e. The number of nitrogens with one attached hydrogen (secondary N) is 3. The van der Waals surface area contributed by atoms with Gasteiger partial charge in [-0.05, 0) is 47.7 Å². The van der Waals surface area contributed by atoms with E-state index in [1.807, 2.05) is 0 Å². The number of hydrogen-bond acceptors (Lipinski definition) is 3. The molecule has 0 aromatic heterocycles. The van der Waals surface area contributed by atoms with E-state index in [1.165, 1.54) is 7.11 Å². The number of rotatable bonds is 3. The lowest BCUT2D eigenvalue weighted by atomic mass is 10.2. The molecule has 0 aliphatic carbocycles. The van der Waals surface area contributed by atoms with Crippen LogP contribution in [0.1, 0.15) is 17.3 Å². The fourth-order valence-electron chi connectivity index (χ4n) is 1.19. The molecule has 98 valence electrons. The number of halogens is 1. The maximum Gasteiger partial charge on any atom is 0.333 e. The fourth-order valence-corrected chi connectivity index (χ4v) is 1.75. The van der Waals surface area contributed by atoms with Crippen LogP contribution in [0.2, 0.25) is 0 Å². The van der Waals surface area contributed by atoms with Gasteiger partial charge in [-0.15, -0.1) is 0 Å². The van der Waals surface area contributed by atoms with Crippen LogP contribution in [0.15, 0.2) is 18.2 Å². The van der Waals surface area contributed by atoms with Gasteiger partial charge in [0.1, 0.15) is 5.75 Å². The molecule has 0 unspecified atom stereocenters. The normalized spacial score (nSPS) is 9.50. The van der Waals surface area contributed by atoms with Crippen LogP contribution in [-0.4, -0.2) is 25.6 Å². The summed E-state index contributed by atoms with van der Waals surface area (Å²) in [6.45, 7) is 2.27. The van der Waals surface area contributed by atoms with E-state index in [4.69, 9.17) is 4.74 Å². The lowest BCUT2D eigenvalue weighted by Crippen LogP contribution is -2.46. The van der Waals surface area contributed by atoms with Crippen LogP contribution in [0, 0.1) is 3.57 Å². The predicted octanol–water partition coefficient (Wildman–Crippen LogP) is 1.26. The zero-order valence-corrected chi connectivity index (χ0v) is 12.2. The molecule has 7 heteroatoms. The third kappa shape index (κ3) is 4.06. The van der Waals surface area contributed by atoms with Gasteiger partial charge in [0.15, 0.2) is 0 Å². The Bertz CT molecular complexity index is 451. The van der Waals surface area contributed by atoms with Gasteiger partial charge in [-0.1, -0.05) is 0 Å². The number of benzene rings is 1. The van der Waals surface area contributed by atoms with Crippen molar-refractivity contribution in [1.82, 2.24) is 16.2 Å². The monoisotopic (exact) mass is 363 g/mol. The molecule has 1 aromatic rings. The number of methoxy groups -OCH3 is 1. The molecule has 0 fully saturated rings. The summed E-state index contributed by atoms with van der Waals surface area (Å²) in [6.07, 6.45) is 0. The average molecular weight is 363 g/mol. The highest BCUT2D eigenvalue weighted by Crippen LogP contribution is 2.21. The molecule has 0 bridgehead atoms. The highest BCUT2D eigenvalue weighted by atomic mass is 127. The Labute approximate surface area is 119 Å². The molecular weight excluding hydrogens is 349 g/mol. The third-order valence-electron chi connectivity index (χ3n) is 2.04. The summed E-state index contributed by atoms with van der Waals surface area (Å²) in [7, 11) is 1.53. The van der Waals surface area contributed by atoms with E-state index in [0.717, 1.165) is 3.57 Å². The molecule has 0 aliphatic heterocycles. The number of ether oxygens (including phenoxy) is 1. The first-order valence-electron chi connectivity index (χ1n) is 5.26. The first-order chi connectivity index (χ1) is 8.58. The van der Waals surface area contributed by atoms with E-state index >= 15 is 0 Å². The van der Waals surface area contributed by atoms with Crippen LogP contribution in [-0.2, 0) is 0 Å². The summed E-state index contributed by atoms with van der Waals surface area (Å²) in [4.78, 5) is 22.8. The Kier molecular flexibility index (Phi) is 5.69. The topological polar surface area (TPSA) is 79.5 Å². The molecule has 0 heterocycles. The van der Waals surface area contributed by atoms with Gasteiger partial charge in [0.25, 0.3) is 5.91 Å². The van der Waals surface area contributed by atoms with Crippen LogP contribution in [0.25, 0.3) is 0 Å². The van der Waals surface area contributed by atoms with Gasteiger partial charge in [0.05, 0.1) is 10.7 Å². The Morgan fingerprint density at radius 3 is 2.67 bits per heavy atom. The van der Waals surface area contributed by atoms with E-state index < -0.39 is 11.9 Å². The molecule has 0 radical (unpaired) electrons. The van der Waals surface area contributed by atoms with Gasteiger partial charge < -0.3 is 10.1 Å². The zero-order valence-electron chi connectivity index (χ0n) is 10.0. The molecule has 3 amide bonds. The number of hydrazine groups is 1. The van der Waals surface area contributed by atoms with E-state index in [0.29, 0.717) is 17.9 Å². The Morgan fingerprint density at radius 1 is 1.33 bits per heavy atom. The maximum atomic E-state index is 11.7. The zero-order chi connectivity index (χ0) is 13.5. The molecule has 1 aromatic carbocycles. The van der Waals surface area contributed by atoms with E-state index in [9.17, 15) is 9.59 Å². The van der Waals surface area contributed by atoms with Crippen molar-refractivity contribution >= 4 is 34.5 Å². The summed E-state index contributed by atoms with van der Waals surface area (Å²) in [5.74, 6) is 0.206. The van der Waals surface area contributed by atoms with E-state index in [-0.39, 0.29) is 0 Å². The van der Waals surface area contributed by atoms with Crippen molar-refractivity contribution in [2.75, 3.05) is 13.7 Å². The van der Waals surface area contributed by atoms with Crippen LogP contribution in [0.3, 0.4) is 0 Å². The summed E-state index contributed by atoms with van der Waals surface area (Å²) >= 11 is 2.11. The number of amides is 3. The second-order valence-corrected chi connectivity index (χ2v) is 4.45. The summed E-state index contributed by atoms with van der Waals surface area (Å²) in [5, 5.41) is 2.49. The molecule has 0 saturated carbocycles. The van der Waals surface area contributed by atoms with Gasteiger partial charge in [-0.2, -0.15) is 0 Å². The smallest absolute Gasteiger partial charge is 0.333 e. The summed E-state index contributed by atoms with van der Waals surface area (Å²) in [5.41, 5.74) is 4.94. The third-order valence-corrected chi connectivity index (χ3v) is 2.93. The van der Waals surface area contributed by atoms with Crippen molar-refractivity contribution in [3.63, 3.8) is 0 Å². The molecule has 0 saturated heterocycles. The van der Waals surface area contributed by atoms with Crippen molar-refractivity contribution in [2.45, 2.75) is 6.92 Å². The van der Waals surface area contributed by atoms with Crippen LogP contribution in [0.5, 0.6) is 5.75 Å². The maximum absolute atomic E-state index is 11.7. The molecule has 18 heavy (non-hydrogen) atoms. The van der Waals surface area contributed by atoms with Gasteiger partial charge in [0, 0.05) is 12.1 Å². The lowest BCUT2D eigenvalue weighted by Gasteiger charge is -2.09. The average Bonchev–Trinajstić information content (AvgIpc) is 2.37. The second kappa shape index (κ2) is 7.04. The second-order valence-electron chi connectivity index (χ2n) is 3.29. The Morgan fingerprint density at radius 2 is 2.06 bits per heavy atom. The van der Waals surface area contributed by atoms with Crippen molar-refractivity contribution in [1.29, 1.82) is 0 Å². The van der Waals surface area contributed by atoms with Gasteiger partial charge in [-0.3, -0.25) is 10.2 Å². The molecule has 6 nitrogen and oxygen atoms in total. The lowest BCUT2D eigenvalue weighted by molar-refractivity contribution is 0.0936. The highest BCUT2D eigenvalue weighted by molar-refractivity contribution is 14.1. The fraction of sp³-hybridized carbons (Fsp3) is 0.273. The van der Waals surface area contributed by atoms with Crippen molar-refractivity contribution in [3.8, 4) is 5.75 Å². The predicted molar refractivity (Wildman–Crippen MR) is 75.4 cm³/mol. The minimum absolute atomic E-state index is 0.407. The first kappa shape index (κ1) is 14.6. The van der Waals surface area contributed by atoms with Crippen LogP contribution < -0.4 is 20.9 Å². The molecule has 3 N–H and O–H groups in total. The van der Waals surface area contributed by atoms with Crippen molar-refractivity contribution in [3.05, 3.63) is 27.3 Å². The molecule has 0 spiro atoms. The minimum Gasteiger partial charge on any atom is -0.496 e. The molecule has 0 atom stereocenters. The van der Waals surface area contributed by atoms with Crippen molar-refractivity contribution < 1.29 is 14.3 Å². The van der Waals surface area contributed by atoms with Crippen molar-refractivity contribution in [2.24, 2.45) is 0 Å². The quantitative estimate of drug-likeness (QED) is 0.559. The molecule has 0 aliphatic rings. The van der Waals surface area contributed by atoms with Gasteiger partial charge in [-0.25, -0.2) is 10.2 Å². The Hall–Kier alpha value is -1.51. The number of carbonyl (C=O) groups excluding carboxylic acids is 2. The van der Waals surface area contributed by atoms with E-state index in [1.54, 1.807) is 25.1 Å². The number of urea groups is 1. The van der Waals surface area contributed by atoms with Gasteiger partial charge >= 0.3 is 6.03 Å². The minimum atomic E-state index is -0.455. The van der Waals surface area contributed by atoms with Crippen LogP contribution >= 0.6 is 22.6 Å². The summed E-state index contributed by atoms with van der Waals surface area (Å²) in [6, 6.07) is 4.57. The number of hydrogen-bond donors (Lipinski definition) is 3. The molecular formula is C11H14IN3O3. The summed E-state index contributed by atoms with van der Waals surface area (Å²) < 4.78 is 6.02. The SMILES string of the molecule is CCNC(=O)NNC(=O)c1ccc(I)c(OC)c1. The van der Waals surface area contributed by atoms with Gasteiger partial charge in [0.2, 0.25) is 0 Å².